The van der Waals surface area contributed by atoms with Crippen LogP contribution in [-0.4, -0.2) is 45.8 Å². The molecule has 0 saturated heterocycles. The van der Waals surface area contributed by atoms with Crippen LogP contribution in [0.25, 0.3) is 0 Å². The van der Waals surface area contributed by atoms with Crippen LogP contribution in [0.5, 0.6) is 0 Å². The zero-order valence-corrected chi connectivity index (χ0v) is 13.3. The van der Waals surface area contributed by atoms with Gasteiger partial charge in [0, 0.05) is 12.7 Å². The van der Waals surface area contributed by atoms with E-state index in [0.29, 0.717) is 5.56 Å². The quantitative estimate of drug-likeness (QED) is 0.589. The van der Waals surface area contributed by atoms with Crippen LogP contribution in [-0.2, 0) is 11.3 Å². The number of rotatable bonds is 5. The predicted molar refractivity (Wildman–Crippen MR) is 72.3 cm³/mol. The number of ether oxygens (including phenoxy) is 1. The van der Waals surface area contributed by atoms with Crippen molar-refractivity contribution in [1.82, 2.24) is 9.88 Å². The van der Waals surface area contributed by atoms with Crippen molar-refractivity contribution >= 4 is 12.1 Å². The molecule has 0 aliphatic carbocycles. The molecule has 0 fully saturated rings. The first kappa shape index (κ1) is 20.4. The van der Waals surface area contributed by atoms with Gasteiger partial charge in [0.15, 0.2) is 0 Å². The van der Waals surface area contributed by atoms with Gasteiger partial charge in [0.25, 0.3) is 0 Å². The number of hydrogen-bond acceptors (Lipinski definition) is 6. The van der Waals surface area contributed by atoms with E-state index in [1.54, 1.807) is 20.8 Å². The number of amides is 1. The number of aliphatic hydroxyl groups excluding tert-OH is 1. The van der Waals surface area contributed by atoms with E-state index in [2.05, 4.69) is 4.98 Å². The Morgan fingerprint density at radius 3 is 2.41 bits per heavy atom. The third-order valence-electron chi connectivity index (χ3n) is 2.43. The zero-order valence-electron chi connectivity index (χ0n) is 13.3. The Bertz CT molecular complexity index is 499. The number of aromatic carboxylic acids is 1. The van der Waals surface area contributed by atoms with Crippen molar-refractivity contribution in [3.05, 3.63) is 29.6 Å². The smallest absolute Gasteiger partial charge is 0.543 e. The van der Waals surface area contributed by atoms with E-state index in [9.17, 15) is 14.7 Å². The molecule has 1 amide bonds. The first-order valence-electron chi connectivity index (χ1n) is 6.48. The number of pyridine rings is 1. The molecule has 0 unspecified atom stereocenters. The Morgan fingerprint density at radius 1 is 1.36 bits per heavy atom. The number of aliphatic hydroxyl groups is 1. The number of carboxylic acids is 1. The second-order valence-electron chi connectivity index (χ2n) is 5.46. The van der Waals surface area contributed by atoms with Gasteiger partial charge in [0.2, 0.25) is 0 Å². The molecule has 0 radical (unpaired) electrons. The largest absolute Gasteiger partial charge is 1.00 e. The molecule has 116 valence electrons. The van der Waals surface area contributed by atoms with E-state index in [1.807, 2.05) is 0 Å². The average Bonchev–Trinajstić information content (AvgIpc) is 2.36. The number of hydrogen-bond donors (Lipinski definition) is 1. The summed E-state index contributed by atoms with van der Waals surface area (Å²) in [6.07, 6.45) is 0.792. The summed E-state index contributed by atoms with van der Waals surface area (Å²) in [5.41, 5.74) is -0.189. The molecule has 0 aliphatic rings. The van der Waals surface area contributed by atoms with E-state index in [0.717, 1.165) is 0 Å². The number of aromatic nitrogens is 1. The molecule has 1 heterocycles. The summed E-state index contributed by atoms with van der Waals surface area (Å²) in [5, 5.41) is 19.6. The summed E-state index contributed by atoms with van der Waals surface area (Å²) in [4.78, 5) is 27.6. The maximum Gasteiger partial charge on any atom is 1.00 e. The van der Waals surface area contributed by atoms with Gasteiger partial charge < -0.3 is 24.6 Å². The van der Waals surface area contributed by atoms with Crippen LogP contribution in [0.2, 0.25) is 0 Å². The predicted octanol–water partition coefficient (Wildman–Crippen LogP) is -2.82. The normalized spacial score (nSPS) is 10.5. The van der Waals surface area contributed by atoms with Crippen molar-refractivity contribution in [3.8, 4) is 0 Å². The summed E-state index contributed by atoms with van der Waals surface area (Å²) >= 11 is 0. The fourth-order valence-electron chi connectivity index (χ4n) is 1.54. The van der Waals surface area contributed by atoms with E-state index in [1.165, 1.54) is 23.2 Å². The minimum atomic E-state index is -1.36. The van der Waals surface area contributed by atoms with E-state index >= 15 is 0 Å². The molecular formula is C14H19LiN2O5. The summed E-state index contributed by atoms with van der Waals surface area (Å²) < 4.78 is 5.24. The van der Waals surface area contributed by atoms with Gasteiger partial charge in [-0.15, -0.1) is 0 Å². The molecule has 0 saturated carbocycles. The maximum atomic E-state index is 12.0. The summed E-state index contributed by atoms with van der Waals surface area (Å²) in [5.74, 6) is -1.36. The molecule has 1 N–H and O–H groups in total. The van der Waals surface area contributed by atoms with Gasteiger partial charge >= 0.3 is 25.0 Å². The van der Waals surface area contributed by atoms with Gasteiger partial charge in [-0.25, -0.2) is 4.79 Å². The molecule has 0 spiro atoms. The molecule has 0 bridgehead atoms. The Morgan fingerprint density at radius 2 is 2.00 bits per heavy atom. The van der Waals surface area contributed by atoms with Crippen LogP contribution in [0, 0.1) is 0 Å². The van der Waals surface area contributed by atoms with Gasteiger partial charge in [0.1, 0.15) is 5.60 Å². The Labute approximate surface area is 141 Å². The first-order chi connectivity index (χ1) is 9.73. The van der Waals surface area contributed by atoms with Gasteiger partial charge in [0.05, 0.1) is 24.8 Å². The standard InChI is InChI=1S/C14H20N2O5.Li/c1-14(2,3)21-13(20)16(6-7-17)9-10-4-5-11(12(18)19)15-8-10;/h4-5,8,17H,6-7,9H2,1-3H3,(H,18,19);/q;+1/p-1. The zero-order chi connectivity index (χ0) is 16.0. The van der Waals surface area contributed by atoms with Crippen LogP contribution in [0.1, 0.15) is 36.8 Å². The van der Waals surface area contributed by atoms with Crippen LogP contribution < -0.4 is 24.0 Å². The third kappa shape index (κ3) is 6.94. The second-order valence-corrected chi connectivity index (χ2v) is 5.46. The van der Waals surface area contributed by atoms with Crippen molar-refractivity contribution in [2.24, 2.45) is 0 Å². The molecule has 1 aromatic heterocycles. The van der Waals surface area contributed by atoms with Gasteiger partial charge in [-0.2, -0.15) is 0 Å². The van der Waals surface area contributed by atoms with Crippen molar-refractivity contribution < 1.29 is 43.4 Å². The molecule has 0 aliphatic heterocycles. The van der Waals surface area contributed by atoms with E-state index < -0.39 is 17.7 Å². The molecule has 8 heteroatoms. The van der Waals surface area contributed by atoms with Crippen molar-refractivity contribution in [3.63, 3.8) is 0 Å². The number of nitrogens with zero attached hydrogens (tertiary/aromatic N) is 2. The molecule has 22 heavy (non-hydrogen) atoms. The first-order valence-corrected chi connectivity index (χ1v) is 6.48. The molecular weight excluding hydrogens is 283 g/mol. The minimum Gasteiger partial charge on any atom is -0.543 e. The number of carbonyl (C=O) groups is 2. The SMILES string of the molecule is CC(C)(C)OC(=O)N(CCO)Cc1ccc(C(=O)[O-])nc1.[Li+]. The van der Waals surface area contributed by atoms with Crippen molar-refractivity contribution in [2.45, 2.75) is 32.9 Å². The topological polar surface area (TPSA) is 103 Å². The van der Waals surface area contributed by atoms with Crippen LogP contribution >= 0.6 is 0 Å². The number of carboxylic acid groups (broad SMARTS) is 1. The summed E-state index contributed by atoms with van der Waals surface area (Å²) in [6, 6.07) is 2.84. The van der Waals surface area contributed by atoms with Crippen molar-refractivity contribution in [1.29, 1.82) is 0 Å². The average molecular weight is 302 g/mol. The molecule has 0 atom stereocenters. The van der Waals surface area contributed by atoms with Crippen LogP contribution in [0.15, 0.2) is 18.3 Å². The Kier molecular flexibility index (Phi) is 8.16. The fourth-order valence-corrected chi connectivity index (χ4v) is 1.54. The molecule has 0 aromatic carbocycles. The molecule has 7 nitrogen and oxygen atoms in total. The van der Waals surface area contributed by atoms with Gasteiger partial charge in [-0.3, -0.25) is 4.98 Å². The Balaban J connectivity index is 0.00000441. The maximum absolute atomic E-state index is 12.0. The summed E-state index contributed by atoms with van der Waals surface area (Å²) in [7, 11) is 0. The minimum absolute atomic E-state index is 0. The van der Waals surface area contributed by atoms with Crippen molar-refractivity contribution in [2.75, 3.05) is 13.2 Å². The van der Waals surface area contributed by atoms with E-state index in [4.69, 9.17) is 9.84 Å². The monoisotopic (exact) mass is 302 g/mol. The fraction of sp³-hybridized carbons (Fsp3) is 0.500. The molecule has 1 rings (SSSR count). The number of carbonyl (C=O) groups excluding carboxylic acids is 2. The van der Waals surface area contributed by atoms with Gasteiger partial charge in [-0.1, -0.05) is 6.07 Å². The van der Waals surface area contributed by atoms with Crippen LogP contribution in [0.3, 0.4) is 0 Å². The van der Waals surface area contributed by atoms with E-state index in [-0.39, 0.29) is 44.3 Å². The molecule has 1 aromatic rings. The van der Waals surface area contributed by atoms with Crippen LogP contribution in [0.4, 0.5) is 4.79 Å². The third-order valence-corrected chi connectivity index (χ3v) is 2.43. The summed E-state index contributed by atoms with van der Waals surface area (Å²) in [6.45, 7) is 5.31. The second kappa shape index (κ2) is 8.78. The van der Waals surface area contributed by atoms with Gasteiger partial charge in [-0.05, 0) is 32.4 Å². The Hall–Kier alpha value is -1.55.